The van der Waals surface area contributed by atoms with Crippen molar-refractivity contribution in [3.05, 3.63) is 12.2 Å². The van der Waals surface area contributed by atoms with Crippen molar-refractivity contribution < 1.29 is 19.1 Å². The third-order valence-corrected chi connectivity index (χ3v) is 13.8. The maximum atomic E-state index is 13.4. The van der Waals surface area contributed by atoms with Gasteiger partial charge in [0, 0.05) is 12.0 Å². The van der Waals surface area contributed by atoms with Crippen LogP contribution >= 0.6 is 0 Å². The molecule has 4 aliphatic carbocycles. The summed E-state index contributed by atoms with van der Waals surface area (Å²) in [6.07, 6.45) is 15.9. The molecule has 4 nitrogen and oxygen atoms in total. The molecule has 0 aromatic carbocycles. The Morgan fingerprint density at radius 1 is 0.950 bits per heavy atom. The average molecular weight is 555 g/mol. The predicted octanol–water partition coefficient (Wildman–Crippen LogP) is 8.57. The fourth-order valence-electron chi connectivity index (χ4n) is 11.4. The molecule has 0 bridgehead atoms. The van der Waals surface area contributed by atoms with Crippen LogP contribution in [0.25, 0.3) is 0 Å². The number of carbonyl (C=O) groups excluding carboxylic acids is 2. The highest BCUT2D eigenvalue weighted by molar-refractivity contribution is 5.97. The SMILES string of the molecule is C=C(C)[C@@H]1CC[C@]2(COC3CCCCO3)CC[C@@H](C)[C@]3(C)CCC4C(C)(C)C(=O)C(C=O)C[C@]4(C)[C@H]3CCC[C@@H]12. The first-order chi connectivity index (χ1) is 18.9. The van der Waals surface area contributed by atoms with Crippen LogP contribution in [-0.4, -0.2) is 31.6 Å². The number of Topliss-reactive ketones (excluding diaryl/α,β-unsaturated/α-hetero) is 1. The highest BCUT2D eigenvalue weighted by Crippen LogP contribution is 2.68. The van der Waals surface area contributed by atoms with Crippen molar-refractivity contribution in [2.75, 3.05) is 13.2 Å². The van der Waals surface area contributed by atoms with Gasteiger partial charge in [0.1, 0.15) is 12.1 Å². The van der Waals surface area contributed by atoms with E-state index in [1.165, 1.54) is 63.4 Å². The predicted molar refractivity (Wildman–Crippen MR) is 161 cm³/mol. The van der Waals surface area contributed by atoms with Gasteiger partial charge in [-0.3, -0.25) is 4.79 Å². The fourth-order valence-corrected chi connectivity index (χ4v) is 11.4. The Morgan fingerprint density at radius 2 is 1.70 bits per heavy atom. The normalized spacial score (nSPS) is 47.5. The molecule has 40 heavy (non-hydrogen) atoms. The van der Waals surface area contributed by atoms with Gasteiger partial charge in [0.25, 0.3) is 0 Å². The van der Waals surface area contributed by atoms with Gasteiger partial charge in [-0.2, -0.15) is 0 Å². The van der Waals surface area contributed by atoms with E-state index < -0.39 is 11.3 Å². The van der Waals surface area contributed by atoms with Crippen LogP contribution in [0.5, 0.6) is 0 Å². The van der Waals surface area contributed by atoms with E-state index in [0.717, 1.165) is 45.2 Å². The summed E-state index contributed by atoms with van der Waals surface area (Å²) in [7, 11) is 0. The number of fused-ring (bicyclic) bond motifs is 4. The fraction of sp³-hybridized carbons (Fsp3) is 0.889. The average Bonchev–Trinajstić information content (AvgIpc) is 3.29. The van der Waals surface area contributed by atoms with Crippen molar-refractivity contribution in [3.8, 4) is 0 Å². The molecule has 0 amide bonds. The van der Waals surface area contributed by atoms with Crippen LogP contribution in [0, 0.1) is 57.2 Å². The highest BCUT2D eigenvalue weighted by atomic mass is 16.7. The van der Waals surface area contributed by atoms with Gasteiger partial charge in [0.05, 0.1) is 12.5 Å². The first kappa shape index (κ1) is 30.5. The van der Waals surface area contributed by atoms with E-state index in [2.05, 4.69) is 48.1 Å². The topological polar surface area (TPSA) is 52.6 Å². The summed E-state index contributed by atoms with van der Waals surface area (Å²) in [5.41, 5.74) is 1.38. The van der Waals surface area contributed by atoms with Gasteiger partial charge >= 0.3 is 0 Å². The highest BCUT2D eigenvalue weighted by Gasteiger charge is 2.63. The number of allylic oxidation sites excluding steroid dienone is 1. The van der Waals surface area contributed by atoms with Crippen LogP contribution in [0.4, 0.5) is 0 Å². The molecule has 1 aliphatic heterocycles. The summed E-state index contributed by atoms with van der Waals surface area (Å²) < 4.78 is 12.6. The third kappa shape index (κ3) is 4.99. The van der Waals surface area contributed by atoms with Crippen molar-refractivity contribution in [1.82, 2.24) is 0 Å². The maximum absolute atomic E-state index is 13.4. The smallest absolute Gasteiger partial charge is 0.157 e. The third-order valence-electron chi connectivity index (χ3n) is 13.8. The van der Waals surface area contributed by atoms with Crippen LogP contribution in [0.1, 0.15) is 125 Å². The van der Waals surface area contributed by atoms with Crippen LogP contribution in [-0.2, 0) is 19.1 Å². The Labute approximate surface area is 244 Å². The molecule has 0 aromatic rings. The van der Waals surface area contributed by atoms with Gasteiger partial charge in [-0.1, -0.05) is 53.2 Å². The van der Waals surface area contributed by atoms with E-state index in [-0.39, 0.29) is 28.3 Å². The lowest BCUT2D eigenvalue weighted by Gasteiger charge is -2.64. The van der Waals surface area contributed by atoms with E-state index in [9.17, 15) is 9.59 Å². The number of carbonyl (C=O) groups is 2. The molecule has 0 N–H and O–H groups in total. The molecule has 5 rings (SSSR count). The number of hydrogen-bond acceptors (Lipinski definition) is 4. The minimum Gasteiger partial charge on any atom is -0.353 e. The molecule has 5 fully saturated rings. The summed E-state index contributed by atoms with van der Waals surface area (Å²) in [6.45, 7) is 20.2. The summed E-state index contributed by atoms with van der Waals surface area (Å²) in [5, 5.41) is 0. The van der Waals surface area contributed by atoms with Crippen molar-refractivity contribution >= 4 is 12.1 Å². The minimum atomic E-state index is -0.446. The molecular weight excluding hydrogens is 496 g/mol. The summed E-state index contributed by atoms with van der Waals surface area (Å²) in [6, 6.07) is 0. The molecule has 0 radical (unpaired) electrons. The number of ketones is 1. The van der Waals surface area contributed by atoms with Crippen molar-refractivity contribution in [1.29, 1.82) is 0 Å². The van der Waals surface area contributed by atoms with Crippen LogP contribution in [0.3, 0.4) is 0 Å². The Hall–Kier alpha value is -1.00. The van der Waals surface area contributed by atoms with E-state index in [4.69, 9.17) is 9.47 Å². The molecule has 10 atom stereocenters. The largest absolute Gasteiger partial charge is 0.353 e. The number of aldehydes is 1. The molecule has 5 aliphatic rings. The summed E-state index contributed by atoms with van der Waals surface area (Å²) >= 11 is 0. The number of rotatable bonds is 5. The van der Waals surface area contributed by atoms with E-state index in [1.54, 1.807) is 0 Å². The van der Waals surface area contributed by atoms with Crippen molar-refractivity contribution in [2.45, 2.75) is 131 Å². The van der Waals surface area contributed by atoms with Gasteiger partial charge in [-0.25, -0.2) is 0 Å². The Kier molecular flexibility index (Phi) is 8.57. The molecule has 1 heterocycles. The Morgan fingerprint density at radius 3 is 2.38 bits per heavy atom. The van der Waals surface area contributed by atoms with Crippen LogP contribution in [0.2, 0.25) is 0 Å². The first-order valence-electron chi connectivity index (χ1n) is 16.8. The molecule has 3 unspecified atom stereocenters. The Bertz CT molecular complexity index is 964. The molecule has 226 valence electrons. The number of hydrogen-bond donors (Lipinski definition) is 0. The van der Waals surface area contributed by atoms with Gasteiger partial charge in [-0.05, 0) is 130 Å². The standard InChI is InChI=1S/C36H58O4/c1-24(2)27-15-19-36(23-40-31-13-8-9-20-39-31)18-14-25(3)34(6)17-16-29-33(4,5)32(38)26(22-37)21-35(29,7)30(34)12-10-11-28(27)36/h22,25-31H,1,8-21,23H2,2-7H3/t25-,26?,27+,28+,29?,30+,31?,34+,35+,36+/m1/s1. The summed E-state index contributed by atoms with van der Waals surface area (Å²) in [4.78, 5) is 25.6. The molecule has 0 aromatic heterocycles. The number of ether oxygens (including phenoxy) is 2. The second-order valence-electron chi connectivity index (χ2n) is 16.1. The zero-order chi connectivity index (χ0) is 28.9. The molecular formula is C36H58O4. The second kappa shape index (κ2) is 11.3. The lowest BCUT2D eigenvalue weighted by atomic mass is 9.39. The van der Waals surface area contributed by atoms with Gasteiger partial charge < -0.3 is 14.3 Å². The lowest BCUT2D eigenvalue weighted by Crippen LogP contribution is -2.61. The van der Waals surface area contributed by atoms with Crippen molar-refractivity contribution in [2.24, 2.45) is 57.2 Å². The van der Waals surface area contributed by atoms with E-state index >= 15 is 0 Å². The quantitative estimate of drug-likeness (QED) is 0.194. The van der Waals surface area contributed by atoms with Crippen LogP contribution < -0.4 is 0 Å². The molecule has 0 spiro atoms. The molecule has 1 saturated heterocycles. The van der Waals surface area contributed by atoms with Gasteiger partial charge in [0.15, 0.2) is 6.29 Å². The maximum Gasteiger partial charge on any atom is 0.157 e. The lowest BCUT2D eigenvalue weighted by molar-refractivity contribution is -0.188. The van der Waals surface area contributed by atoms with Crippen molar-refractivity contribution in [3.63, 3.8) is 0 Å². The van der Waals surface area contributed by atoms with Gasteiger partial charge in [-0.15, -0.1) is 0 Å². The first-order valence-corrected chi connectivity index (χ1v) is 16.8. The Balaban J connectivity index is 1.44. The van der Waals surface area contributed by atoms with E-state index in [0.29, 0.717) is 29.6 Å². The van der Waals surface area contributed by atoms with Crippen LogP contribution in [0.15, 0.2) is 12.2 Å². The second-order valence-corrected chi connectivity index (χ2v) is 16.1. The summed E-state index contributed by atoms with van der Waals surface area (Å²) in [5.74, 6) is 2.42. The minimum absolute atomic E-state index is 0.0192. The monoisotopic (exact) mass is 554 g/mol. The van der Waals surface area contributed by atoms with Gasteiger partial charge in [0.2, 0.25) is 0 Å². The molecule has 4 saturated carbocycles. The zero-order valence-corrected chi connectivity index (χ0v) is 26.6. The molecule has 4 heteroatoms. The zero-order valence-electron chi connectivity index (χ0n) is 26.6. The van der Waals surface area contributed by atoms with E-state index in [1.807, 2.05) is 0 Å².